The highest BCUT2D eigenvalue weighted by Gasteiger charge is 2.66. The van der Waals surface area contributed by atoms with Crippen molar-refractivity contribution in [2.75, 3.05) is 19.6 Å². The maximum atomic E-state index is 14.0. The summed E-state index contributed by atoms with van der Waals surface area (Å²) in [6.07, 6.45) is 9.26. The fraction of sp³-hybridized carbons (Fsp3) is 0.486. The molecule has 6 rings (SSSR count). The number of esters is 1. The van der Waals surface area contributed by atoms with E-state index in [4.69, 9.17) is 9.47 Å². The summed E-state index contributed by atoms with van der Waals surface area (Å²) in [6.45, 7) is 14.4. The number of nitrogens with zero attached hydrogens (tertiary/aromatic N) is 2. The lowest BCUT2D eigenvalue weighted by molar-refractivity contribution is -0.138. The van der Waals surface area contributed by atoms with Crippen LogP contribution in [0, 0.1) is 18.8 Å². The minimum absolute atomic E-state index is 0.0366. The topological polar surface area (TPSA) is 59.1 Å². The van der Waals surface area contributed by atoms with Crippen LogP contribution in [0.2, 0.25) is 0 Å². The van der Waals surface area contributed by atoms with Crippen LogP contribution in [0.15, 0.2) is 55.1 Å². The smallest absolute Gasteiger partial charge is 0.308 e. The Kier molecular flexibility index (Phi) is 7.31. The first-order chi connectivity index (χ1) is 19.7. The summed E-state index contributed by atoms with van der Waals surface area (Å²) in [5.74, 6) is 2.03. The highest BCUT2D eigenvalue weighted by atomic mass is 16.5. The monoisotopic (exact) mass is 554 g/mol. The maximum absolute atomic E-state index is 14.0. The Bertz CT molecular complexity index is 1400. The number of rotatable bonds is 8. The lowest BCUT2D eigenvalue weighted by Crippen LogP contribution is -2.69. The molecule has 1 amide bonds. The van der Waals surface area contributed by atoms with E-state index < -0.39 is 0 Å². The molecule has 216 valence electrons. The molecule has 0 radical (unpaired) electrons. The largest absolute Gasteiger partial charge is 0.487 e. The van der Waals surface area contributed by atoms with Gasteiger partial charge in [-0.1, -0.05) is 49.8 Å². The number of benzene rings is 2. The van der Waals surface area contributed by atoms with Gasteiger partial charge in [0.2, 0.25) is 5.91 Å². The lowest BCUT2D eigenvalue weighted by Gasteiger charge is -2.60. The molecule has 5 atom stereocenters. The molecular formula is C35H42N2O4. The molecule has 6 nitrogen and oxygen atoms in total. The van der Waals surface area contributed by atoms with Crippen molar-refractivity contribution in [1.29, 1.82) is 0 Å². The molecule has 2 aliphatic heterocycles. The van der Waals surface area contributed by atoms with Gasteiger partial charge in [0.15, 0.2) is 0 Å². The number of hydrogen-bond acceptors (Lipinski definition) is 5. The molecule has 4 aliphatic rings. The van der Waals surface area contributed by atoms with E-state index in [2.05, 4.69) is 49.3 Å². The fourth-order valence-electron chi connectivity index (χ4n) is 8.38. The van der Waals surface area contributed by atoms with Gasteiger partial charge in [0.25, 0.3) is 0 Å². The molecule has 2 aromatic carbocycles. The van der Waals surface area contributed by atoms with Crippen LogP contribution in [-0.2, 0) is 21.4 Å². The van der Waals surface area contributed by atoms with Crippen molar-refractivity contribution >= 4 is 18.0 Å². The molecule has 2 aliphatic carbocycles. The zero-order valence-electron chi connectivity index (χ0n) is 24.8. The van der Waals surface area contributed by atoms with E-state index >= 15 is 0 Å². The summed E-state index contributed by atoms with van der Waals surface area (Å²) in [5.41, 5.74) is 4.34. The molecule has 41 heavy (non-hydrogen) atoms. The van der Waals surface area contributed by atoms with Gasteiger partial charge in [-0.25, -0.2) is 0 Å². The van der Waals surface area contributed by atoms with Crippen LogP contribution in [0.4, 0.5) is 0 Å². The minimum Gasteiger partial charge on any atom is -0.487 e. The van der Waals surface area contributed by atoms with Crippen LogP contribution in [0.25, 0.3) is 6.08 Å². The van der Waals surface area contributed by atoms with Crippen LogP contribution in [-0.4, -0.2) is 59.5 Å². The van der Waals surface area contributed by atoms with Gasteiger partial charge in [0.05, 0.1) is 6.04 Å². The predicted molar refractivity (Wildman–Crippen MR) is 161 cm³/mol. The number of carbonyl (C=O) groups is 2. The standard InChI is InChI=1S/C35H42N2O4/c1-6-17-36-18-16-35-27-11-12-28(37(21-22(2)3)32(39)15-10-25-9-7-8-23(4)19-25)34(35)41-31-14-13-30(40-24(5)38)26(33(31)35)20-29(27)36/h6-10,13-15,19,22,27-29,34H,1,11-12,16-18,20-21H2,2-5H3/t27-,28-,29+,34-,35-/m0/s1. The Morgan fingerprint density at radius 1 is 1.24 bits per heavy atom. The van der Waals surface area contributed by atoms with Gasteiger partial charge in [-0.05, 0) is 74.8 Å². The SMILES string of the molecule is C=CCN1CC[C@@]23c4c5ccc(OC(C)=O)c4C[C@@H]1[C@@H]2CC[C@H](N(CC(C)C)C(=O)C=Cc1cccc(C)c1)[C@@H]3O5. The highest BCUT2D eigenvalue weighted by Crippen LogP contribution is 2.63. The Balaban J connectivity index is 1.41. The molecule has 2 aromatic rings. The number of hydrogen-bond donors (Lipinski definition) is 0. The van der Waals surface area contributed by atoms with Gasteiger partial charge < -0.3 is 14.4 Å². The van der Waals surface area contributed by atoms with E-state index in [0.717, 1.165) is 55.6 Å². The maximum Gasteiger partial charge on any atom is 0.308 e. The Hall–Kier alpha value is -3.38. The molecule has 6 heteroatoms. The van der Waals surface area contributed by atoms with Crippen molar-refractivity contribution < 1.29 is 19.1 Å². The molecule has 0 unspecified atom stereocenters. The first kappa shape index (κ1) is 27.8. The first-order valence-electron chi connectivity index (χ1n) is 15.1. The van der Waals surface area contributed by atoms with Gasteiger partial charge in [0.1, 0.15) is 17.6 Å². The zero-order valence-corrected chi connectivity index (χ0v) is 24.8. The van der Waals surface area contributed by atoms with Crippen molar-refractivity contribution in [2.24, 2.45) is 11.8 Å². The second-order valence-corrected chi connectivity index (χ2v) is 12.8. The number of aryl methyl sites for hydroxylation is 1. The molecule has 2 fully saturated rings. The second-order valence-electron chi connectivity index (χ2n) is 12.8. The summed E-state index contributed by atoms with van der Waals surface area (Å²) in [7, 11) is 0. The van der Waals surface area contributed by atoms with E-state index in [1.165, 1.54) is 18.1 Å². The molecular weight excluding hydrogens is 512 g/mol. The average molecular weight is 555 g/mol. The Labute approximate surface area is 244 Å². The van der Waals surface area contributed by atoms with Crippen molar-refractivity contribution in [2.45, 2.75) is 77.0 Å². The highest BCUT2D eigenvalue weighted by molar-refractivity contribution is 5.92. The van der Waals surface area contributed by atoms with Crippen molar-refractivity contribution in [1.82, 2.24) is 9.80 Å². The number of amides is 1. The summed E-state index contributed by atoms with van der Waals surface area (Å²) >= 11 is 0. The fourth-order valence-corrected chi connectivity index (χ4v) is 8.38. The number of carbonyl (C=O) groups excluding carboxylic acids is 2. The molecule has 2 bridgehead atoms. The van der Waals surface area contributed by atoms with E-state index in [-0.39, 0.29) is 29.4 Å². The normalized spacial score (nSPS) is 27.8. The average Bonchev–Trinajstić information content (AvgIpc) is 3.26. The van der Waals surface area contributed by atoms with Gasteiger partial charge in [-0.3, -0.25) is 14.5 Å². The minimum atomic E-state index is -0.306. The van der Waals surface area contributed by atoms with Crippen LogP contribution >= 0.6 is 0 Å². The lowest BCUT2D eigenvalue weighted by atomic mass is 9.50. The predicted octanol–water partition coefficient (Wildman–Crippen LogP) is 5.71. The van der Waals surface area contributed by atoms with E-state index in [0.29, 0.717) is 30.2 Å². The molecule has 1 spiro atoms. The van der Waals surface area contributed by atoms with E-state index in [9.17, 15) is 9.59 Å². The number of piperidine rings is 1. The summed E-state index contributed by atoms with van der Waals surface area (Å²) in [5, 5.41) is 0. The third-order valence-electron chi connectivity index (χ3n) is 9.73. The summed E-state index contributed by atoms with van der Waals surface area (Å²) in [6, 6.07) is 12.4. The van der Waals surface area contributed by atoms with Crippen molar-refractivity contribution in [3.05, 3.63) is 77.4 Å². The van der Waals surface area contributed by atoms with Crippen LogP contribution in [0.5, 0.6) is 11.5 Å². The third-order valence-corrected chi connectivity index (χ3v) is 9.73. The quantitative estimate of drug-likeness (QED) is 0.181. The van der Waals surface area contributed by atoms with Crippen LogP contribution in [0.1, 0.15) is 62.3 Å². The zero-order chi connectivity index (χ0) is 28.9. The van der Waals surface area contributed by atoms with Gasteiger partial charge >= 0.3 is 5.97 Å². The Morgan fingerprint density at radius 2 is 2.07 bits per heavy atom. The third kappa shape index (κ3) is 4.70. The molecule has 1 saturated heterocycles. The molecule has 1 saturated carbocycles. The number of ether oxygens (including phenoxy) is 2. The van der Waals surface area contributed by atoms with Crippen LogP contribution in [0.3, 0.4) is 0 Å². The van der Waals surface area contributed by atoms with Crippen molar-refractivity contribution in [3.63, 3.8) is 0 Å². The first-order valence-corrected chi connectivity index (χ1v) is 15.1. The summed E-state index contributed by atoms with van der Waals surface area (Å²) in [4.78, 5) is 30.7. The van der Waals surface area contributed by atoms with Gasteiger partial charge in [0, 0.05) is 48.7 Å². The van der Waals surface area contributed by atoms with Gasteiger partial charge in [-0.2, -0.15) is 0 Å². The van der Waals surface area contributed by atoms with E-state index in [1.807, 2.05) is 36.4 Å². The van der Waals surface area contributed by atoms with Crippen LogP contribution < -0.4 is 9.47 Å². The molecule has 0 N–H and O–H groups in total. The Morgan fingerprint density at radius 3 is 2.80 bits per heavy atom. The second kappa shape index (κ2) is 10.8. The van der Waals surface area contributed by atoms with Crippen molar-refractivity contribution in [3.8, 4) is 11.5 Å². The number of likely N-dealkylation sites (tertiary alicyclic amines) is 1. The van der Waals surface area contributed by atoms with Gasteiger partial charge in [-0.15, -0.1) is 6.58 Å². The summed E-state index contributed by atoms with van der Waals surface area (Å²) < 4.78 is 12.7. The molecule has 2 heterocycles. The van der Waals surface area contributed by atoms with E-state index in [1.54, 1.807) is 6.08 Å². The molecule has 0 aromatic heterocycles.